The first-order valence-corrected chi connectivity index (χ1v) is 7.24. The molecule has 20 heavy (non-hydrogen) atoms. The summed E-state index contributed by atoms with van der Waals surface area (Å²) in [6.07, 6.45) is -1.89. The van der Waals surface area contributed by atoms with Gasteiger partial charge < -0.3 is 14.0 Å². The zero-order chi connectivity index (χ0) is 15.6. The zero-order valence-electron chi connectivity index (χ0n) is 10.9. The summed E-state index contributed by atoms with van der Waals surface area (Å²) in [5.41, 5.74) is 0. The molecule has 1 rings (SSSR count). The number of carbonyl (C=O) groups is 1. The second kappa shape index (κ2) is 5.90. The van der Waals surface area contributed by atoms with Crippen LogP contribution in [0, 0.1) is 0 Å². The normalized spacial score (nSPS) is 17.4. The summed E-state index contributed by atoms with van der Waals surface area (Å²) in [4.78, 5) is 13.6. The first kappa shape index (κ1) is 16.6. The molecule has 0 spiro atoms. The Morgan fingerprint density at radius 3 is 2.40 bits per heavy atom. The van der Waals surface area contributed by atoms with Crippen LogP contribution >= 0.6 is 0 Å². The van der Waals surface area contributed by atoms with Crippen LogP contribution in [0.3, 0.4) is 0 Å². The average molecular weight is 316 g/mol. The molecular formula is C10H15F3N2O4S. The first-order chi connectivity index (χ1) is 9.08. The molecule has 1 unspecified atom stereocenters. The van der Waals surface area contributed by atoms with Crippen LogP contribution in [-0.4, -0.2) is 49.5 Å². The SMILES string of the molecule is CCCC(N1C=CN(C)C1)S(=O)(=O)OC(=O)C(F)(F)F. The van der Waals surface area contributed by atoms with Crippen molar-refractivity contribution in [1.29, 1.82) is 0 Å². The number of rotatable bonds is 5. The quantitative estimate of drug-likeness (QED) is 0.711. The van der Waals surface area contributed by atoms with E-state index in [0.717, 1.165) is 0 Å². The summed E-state index contributed by atoms with van der Waals surface area (Å²) in [6.45, 7) is 1.87. The van der Waals surface area contributed by atoms with Gasteiger partial charge in [0.05, 0.1) is 6.67 Å². The molecular weight excluding hydrogens is 301 g/mol. The first-order valence-electron chi connectivity index (χ1n) is 5.76. The molecule has 0 bridgehead atoms. The summed E-state index contributed by atoms with van der Waals surface area (Å²) >= 11 is 0. The maximum Gasteiger partial charge on any atom is 0.492 e. The monoisotopic (exact) mass is 316 g/mol. The van der Waals surface area contributed by atoms with Gasteiger partial charge >= 0.3 is 22.3 Å². The second-order valence-electron chi connectivity index (χ2n) is 4.32. The summed E-state index contributed by atoms with van der Waals surface area (Å²) in [5.74, 6) is -2.73. The Hall–Kier alpha value is -1.45. The van der Waals surface area contributed by atoms with E-state index in [0.29, 0.717) is 6.42 Å². The molecule has 1 heterocycles. The maximum absolute atomic E-state index is 12.1. The van der Waals surface area contributed by atoms with Gasteiger partial charge in [-0.1, -0.05) is 13.3 Å². The van der Waals surface area contributed by atoms with Gasteiger partial charge in [-0.2, -0.15) is 21.6 Å². The van der Waals surface area contributed by atoms with Crippen LogP contribution in [0.2, 0.25) is 0 Å². The van der Waals surface area contributed by atoms with Gasteiger partial charge in [0.25, 0.3) is 0 Å². The minimum atomic E-state index is -5.35. The summed E-state index contributed by atoms with van der Waals surface area (Å²) in [5, 5.41) is -1.33. The number of hydrogen-bond donors (Lipinski definition) is 0. The van der Waals surface area contributed by atoms with Gasteiger partial charge in [0, 0.05) is 19.4 Å². The molecule has 0 N–H and O–H groups in total. The van der Waals surface area contributed by atoms with Crippen molar-refractivity contribution in [2.45, 2.75) is 31.3 Å². The molecule has 0 aromatic rings. The molecule has 116 valence electrons. The maximum atomic E-state index is 12.1. The van der Waals surface area contributed by atoms with Crippen LogP contribution in [-0.2, 0) is 19.1 Å². The van der Waals surface area contributed by atoms with Crippen LogP contribution in [0.25, 0.3) is 0 Å². The minimum Gasteiger partial charge on any atom is -0.362 e. The molecule has 1 atom stereocenters. The van der Waals surface area contributed by atoms with E-state index >= 15 is 0 Å². The summed E-state index contributed by atoms with van der Waals surface area (Å²) < 4.78 is 63.6. The molecule has 0 fully saturated rings. The number of carbonyl (C=O) groups excluding carboxylic acids is 1. The Balaban J connectivity index is 2.90. The number of nitrogens with zero attached hydrogens (tertiary/aromatic N) is 2. The lowest BCUT2D eigenvalue weighted by molar-refractivity contribution is -0.189. The topological polar surface area (TPSA) is 66.9 Å². The van der Waals surface area contributed by atoms with Crippen molar-refractivity contribution in [3.63, 3.8) is 0 Å². The third-order valence-electron chi connectivity index (χ3n) is 2.56. The van der Waals surface area contributed by atoms with Crippen LogP contribution in [0.1, 0.15) is 19.8 Å². The fraction of sp³-hybridized carbons (Fsp3) is 0.700. The molecule has 1 aliphatic heterocycles. The highest BCUT2D eigenvalue weighted by molar-refractivity contribution is 7.87. The molecule has 0 amide bonds. The Morgan fingerprint density at radius 2 is 2.00 bits per heavy atom. The van der Waals surface area contributed by atoms with Crippen molar-refractivity contribution in [1.82, 2.24) is 9.80 Å². The van der Waals surface area contributed by atoms with Crippen molar-refractivity contribution < 1.29 is 30.6 Å². The van der Waals surface area contributed by atoms with E-state index < -0.39 is 27.6 Å². The molecule has 0 aromatic heterocycles. The Labute approximate surface area is 114 Å². The molecule has 6 nitrogen and oxygen atoms in total. The van der Waals surface area contributed by atoms with E-state index in [1.165, 1.54) is 11.1 Å². The minimum absolute atomic E-state index is 0.0473. The van der Waals surface area contributed by atoms with Gasteiger partial charge in [-0.05, 0) is 6.42 Å². The Bertz CT molecular complexity index is 489. The number of hydrogen-bond acceptors (Lipinski definition) is 6. The predicted molar refractivity (Wildman–Crippen MR) is 63.4 cm³/mol. The Kier molecular flexibility index (Phi) is 4.90. The van der Waals surface area contributed by atoms with E-state index in [-0.39, 0.29) is 13.1 Å². The van der Waals surface area contributed by atoms with Crippen molar-refractivity contribution in [3.8, 4) is 0 Å². The molecule has 0 saturated heterocycles. The van der Waals surface area contributed by atoms with E-state index in [1.807, 2.05) is 0 Å². The highest BCUT2D eigenvalue weighted by Crippen LogP contribution is 2.24. The van der Waals surface area contributed by atoms with Gasteiger partial charge in [-0.15, -0.1) is 0 Å². The third kappa shape index (κ3) is 4.02. The molecule has 0 radical (unpaired) electrons. The van der Waals surface area contributed by atoms with Crippen LogP contribution in [0.4, 0.5) is 13.2 Å². The molecule has 0 aromatic carbocycles. The molecule has 0 saturated carbocycles. The van der Waals surface area contributed by atoms with Gasteiger partial charge in [0.2, 0.25) is 0 Å². The average Bonchev–Trinajstić information content (AvgIpc) is 2.70. The van der Waals surface area contributed by atoms with Crippen LogP contribution in [0.5, 0.6) is 0 Å². The van der Waals surface area contributed by atoms with Gasteiger partial charge in [0.15, 0.2) is 5.37 Å². The third-order valence-corrected chi connectivity index (χ3v) is 4.12. The molecule has 1 aliphatic rings. The predicted octanol–water partition coefficient (Wildman–Crippen LogP) is 1.22. The standard InChI is InChI=1S/C10H15F3N2O4S/c1-3-4-8(15-6-5-14(2)7-15)20(17,18)19-9(16)10(11,12)13/h5-6,8H,3-4,7H2,1-2H3. The summed E-state index contributed by atoms with van der Waals surface area (Å²) in [7, 11) is -3.02. The van der Waals surface area contributed by atoms with E-state index in [9.17, 15) is 26.4 Å². The van der Waals surface area contributed by atoms with Crippen LogP contribution < -0.4 is 0 Å². The number of alkyl halides is 3. The molecule has 10 heteroatoms. The van der Waals surface area contributed by atoms with Gasteiger partial charge in [-0.3, -0.25) is 0 Å². The Morgan fingerprint density at radius 1 is 1.40 bits per heavy atom. The second-order valence-corrected chi connectivity index (χ2v) is 6.01. The lowest BCUT2D eigenvalue weighted by Gasteiger charge is -2.27. The fourth-order valence-corrected chi connectivity index (χ4v) is 3.08. The van der Waals surface area contributed by atoms with E-state index in [1.54, 1.807) is 25.1 Å². The molecule has 0 aliphatic carbocycles. The fourth-order valence-electron chi connectivity index (χ4n) is 1.67. The van der Waals surface area contributed by atoms with E-state index in [4.69, 9.17) is 0 Å². The van der Waals surface area contributed by atoms with Crippen LogP contribution in [0.15, 0.2) is 12.4 Å². The lowest BCUT2D eigenvalue weighted by Crippen LogP contribution is -2.42. The highest BCUT2D eigenvalue weighted by Gasteiger charge is 2.46. The van der Waals surface area contributed by atoms with Gasteiger partial charge in [0.1, 0.15) is 0 Å². The zero-order valence-corrected chi connectivity index (χ0v) is 11.7. The van der Waals surface area contributed by atoms with Gasteiger partial charge in [-0.25, -0.2) is 4.79 Å². The van der Waals surface area contributed by atoms with E-state index in [2.05, 4.69) is 4.18 Å². The van der Waals surface area contributed by atoms with Crippen molar-refractivity contribution in [2.75, 3.05) is 13.7 Å². The highest BCUT2D eigenvalue weighted by atomic mass is 32.2. The summed E-state index contributed by atoms with van der Waals surface area (Å²) in [6, 6.07) is 0. The lowest BCUT2D eigenvalue weighted by atomic mass is 10.3. The van der Waals surface area contributed by atoms with Crippen molar-refractivity contribution in [3.05, 3.63) is 12.4 Å². The smallest absolute Gasteiger partial charge is 0.362 e. The largest absolute Gasteiger partial charge is 0.492 e. The van der Waals surface area contributed by atoms with Crippen molar-refractivity contribution in [2.24, 2.45) is 0 Å². The van der Waals surface area contributed by atoms with Crippen molar-refractivity contribution >= 4 is 16.1 Å². The number of halogens is 3.